The van der Waals surface area contributed by atoms with Gasteiger partial charge in [-0.2, -0.15) is 0 Å². The lowest BCUT2D eigenvalue weighted by atomic mass is 10.2. The van der Waals surface area contributed by atoms with Gasteiger partial charge in [-0.1, -0.05) is 52.5 Å². The van der Waals surface area contributed by atoms with Crippen molar-refractivity contribution in [1.29, 1.82) is 0 Å². The zero-order chi connectivity index (χ0) is 22.1. The van der Waals surface area contributed by atoms with Crippen molar-refractivity contribution in [3.05, 3.63) is 86.1 Å². The normalized spacial score (nSPS) is 11.2. The summed E-state index contributed by atoms with van der Waals surface area (Å²) in [6.07, 6.45) is 0. The first-order chi connectivity index (χ1) is 14.1. The van der Waals surface area contributed by atoms with Crippen molar-refractivity contribution in [3.63, 3.8) is 0 Å². The lowest BCUT2D eigenvalue weighted by Gasteiger charge is -2.13. The SMILES string of the molecule is O=C(Nc1ccc(S(=O)(=O)Nc2c(Cl)cccc2Cl)cc1F)c1ccc(Cl)cc1Cl. The van der Waals surface area contributed by atoms with E-state index in [1.165, 1.54) is 30.3 Å². The van der Waals surface area contributed by atoms with E-state index in [1.54, 1.807) is 6.07 Å². The molecule has 0 saturated carbocycles. The van der Waals surface area contributed by atoms with Gasteiger partial charge in [0.2, 0.25) is 0 Å². The predicted octanol–water partition coefficient (Wildman–Crippen LogP) is 6.49. The summed E-state index contributed by atoms with van der Waals surface area (Å²) in [7, 11) is -4.20. The Morgan fingerprint density at radius 3 is 2.13 bits per heavy atom. The van der Waals surface area contributed by atoms with Crippen molar-refractivity contribution in [1.82, 2.24) is 0 Å². The minimum Gasteiger partial charge on any atom is -0.319 e. The molecule has 5 nitrogen and oxygen atoms in total. The van der Waals surface area contributed by atoms with Gasteiger partial charge in [-0.15, -0.1) is 0 Å². The van der Waals surface area contributed by atoms with Gasteiger partial charge in [-0.05, 0) is 48.5 Å². The number of sulfonamides is 1. The number of hydrogen-bond donors (Lipinski definition) is 2. The van der Waals surface area contributed by atoms with E-state index in [4.69, 9.17) is 46.4 Å². The van der Waals surface area contributed by atoms with Gasteiger partial charge >= 0.3 is 0 Å². The third-order valence-electron chi connectivity index (χ3n) is 3.87. The van der Waals surface area contributed by atoms with Crippen molar-refractivity contribution in [2.45, 2.75) is 4.90 Å². The van der Waals surface area contributed by atoms with Crippen molar-refractivity contribution < 1.29 is 17.6 Å². The molecule has 0 saturated heterocycles. The first kappa shape index (κ1) is 22.7. The Kier molecular flexibility index (Phi) is 6.79. The highest BCUT2D eigenvalue weighted by Crippen LogP contribution is 2.32. The van der Waals surface area contributed by atoms with Gasteiger partial charge in [0.25, 0.3) is 15.9 Å². The molecule has 3 rings (SSSR count). The Morgan fingerprint density at radius 2 is 1.53 bits per heavy atom. The summed E-state index contributed by atoms with van der Waals surface area (Å²) in [4.78, 5) is 11.9. The number of para-hydroxylation sites is 1. The van der Waals surface area contributed by atoms with Crippen LogP contribution in [0.1, 0.15) is 10.4 Å². The van der Waals surface area contributed by atoms with Crippen LogP contribution in [0.25, 0.3) is 0 Å². The van der Waals surface area contributed by atoms with Crippen LogP contribution in [0.3, 0.4) is 0 Å². The van der Waals surface area contributed by atoms with Gasteiger partial charge in [-0.25, -0.2) is 12.8 Å². The number of carbonyl (C=O) groups is 1. The number of carbonyl (C=O) groups excluding carboxylic acids is 1. The molecule has 0 atom stereocenters. The lowest BCUT2D eigenvalue weighted by molar-refractivity contribution is 0.102. The van der Waals surface area contributed by atoms with Crippen LogP contribution in [0.2, 0.25) is 20.1 Å². The van der Waals surface area contributed by atoms with E-state index in [9.17, 15) is 17.6 Å². The highest BCUT2D eigenvalue weighted by Gasteiger charge is 2.20. The molecule has 1 amide bonds. The minimum atomic E-state index is -4.20. The van der Waals surface area contributed by atoms with Crippen LogP contribution in [0.5, 0.6) is 0 Å². The average Bonchev–Trinajstić information content (AvgIpc) is 2.66. The molecule has 156 valence electrons. The Bertz CT molecular complexity index is 1230. The number of amides is 1. The molecule has 0 spiro atoms. The van der Waals surface area contributed by atoms with Gasteiger partial charge < -0.3 is 5.32 Å². The molecule has 0 bridgehead atoms. The Hall–Kier alpha value is -2.03. The molecule has 0 fully saturated rings. The fraction of sp³-hybridized carbons (Fsp3) is 0. The summed E-state index contributed by atoms with van der Waals surface area (Å²) in [5.41, 5.74) is -0.191. The molecule has 11 heteroatoms. The zero-order valence-corrected chi connectivity index (χ0v) is 18.6. The minimum absolute atomic E-state index is 0.0315. The topological polar surface area (TPSA) is 75.3 Å². The van der Waals surface area contributed by atoms with Crippen LogP contribution < -0.4 is 10.0 Å². The van der Waals surface area contributed by atoms with E-state index < -0.39 is 26.6 Å². The molecule has 3 aromatic carbocycles. The molecule has 3 aromatic rings. The fourth-order valence-electron chi connectivity index (χ4n) is 2.42. The molecule has 2 N–H and O–H groups in total. The molecular formula is C19H11Cl4FN2O3S. The molecule has 0 aliphatic rings. The second kappa shape index (κ2) is 8.99. The monoisotopic (exact) mass is 506 g/mol. The maximum Gasteiger partial charge on any atom is 0.262 e. The van der Waals surface area contributed by atoms with Gasteiger partial charge in [-0.3, -0.25) is 9.52 Å². The second-order valence-corrected chi connectivity index (χ2v) is 9.26. The summed E-state index contributed by atoms with van der Waals surface area (Å²) in [6.45, 7) is 0. The second-order valence-electron chi connectivity index (χ2n) is 5.92. The number of hydrogen-bond acceptors (Lipinski definition) is 3. The number of anilines is 2. The molecule has 0 unspecified atom stereocenters. The molecule has 0 aliphatic carbocycles. The van der Waals surface area contributed by atoms with Crippen LogP contribution in [0.15, 0.2) is 59.5 Å². The molecular weight excluding hydrogens is 497 g/mol. The van der Waals surface area contributed by atoms with Gasteiger partial charge in [0.1, 0.15) is 5.82 Å². The predicted molar refractivity (Wildman–Crippen MR) is 118 cm³/mol. The summed E-state index contributed by atoms with van der Waals surface area (Å²) < 4.78 is 41.9. The number of halogens is 5. The van der Waals surface area contributed by atoms with Crippen molar-refractivity contribution in [2.75, 3.05) is 10.0 Å². The number of rotatable bonds is 5. The largest absolute Gasteiger partial charge is 0.319 e. The van der Waals surface area contributed by atoms with Crippen molar-refractivity contribution in [3.8, 4) is 0 Å². The van der Waals surface area contributed by atoms with Crippen molar-refractivity contribution >= 4 is 73.7 Å². The summed E-state index contributed by atoms with van der Waals surface area (Å²) in [5.74, 6) is -1.66. The summed E-state index contributed by atoms with van der Waals surface area (Å²) in [6, 6.07) is 11.6. The molecule has 0 heterocycles. The third-order valence-corrected chi connectivity index (χ3v) is 6.40. The van der Waals surface area contributed by atoms with E-state index in [-0.39, 0.29) is 32.0 Å². The first-order valence-electron chi connectivity index (χ1n) is 8.11. The van der Waals surface area contributed by atoms with Crippen LogP contribution in [0, 0.1) is 5.82 Å². The van der Waals surface area contributed by atoms with Gasteiger partial charge in [0, 0.05) is 5.02 Å². The van der Waals surface area contributed by atoms with Crippen LogP contribution >= 0.6 is 46.4 Å². The maximum atomic E-state index is 14.5. The maximum absolute atomic E-state index is 14.5. The number of benzene rings is 3. The van der Waals surface area contributed by atoms with Crippen LogP contribution in [-0.2, 0) is 10.0 Å². The van der Waals surface area contributed by atoms with E-state index in [0.29, 0.717) is 5.02 Å². The van der Waals surface area contributed by atoms with E-state index in [0.717, 1.165) is 18.2 Å². The number of nitrogens with one attached hydrogen (secondary N) is 2. The first-order valence-corrected chi connectivity index (χ1v) is 11.1. The lowest BCUT2D eigenvalue weighted by Crippen LogP contribution is -2.16. The average molecular weight is 508 g/mol. The van der Waals surface area contributed by atoms with E-state index in [1.807, 2.05) is 0 Å². The molecule has 30 heavy (non-hydrogen) atoms. The zero-order valence-electron chi connectivity index (χ0n) is 14.7. The Morgan fingerprint density at radius 1 is 0.867 bits per heavy atom. The van der Waals surface area contributed by atoms with Gasteiger partial charge in [0.05, 0.1) is 36.9 Å². The Balaban J connectivity index is 1.85. The highest BCUT2D eigenvalue weighted by molar-refractivity contribution is 7.92. The molecule has 0 radical (unpaired) electrons. The summed E-state index contributed by atoms with van der Waals surface area (Å²) >= 11 is 23.7. The highest BCUT2D eigenvalue weighted by atomic mass is 35.5. The smallest absolute Gasteiger partial charge is 0.262 e. The third kappa shape index (κ3) is 4.99. The van der Waals surface area contributed by atoms with E-state index >= 15 is 0 Å². The molecule has 0 aliphatic heterocycles. The van der Waals surface area contributed by atoms with E-state index in [2.05, 4.69) is 10.0 Å². The Labute approximate surface area is 191 Å². The standard InChI is InChI=1S/C19H11Cl4FN2O3S/c20-10-4-6-12(15(23)8-10)19(27)25-17-7-5-11(9-16(17)24)30(28,29)26-18-13(21)2-1-3-14(18)22/h1-9,26H,(H,25,27). The fourth-order valence-corrected chi connectivity index (χ4v) is 4.63. The van der Waals surface area contributed by atoms with Crippen LogP contribution in [-0.4, -0.2) is 14.3 Å². The molecule has 0 aromatic heterocycles. The van der Waals surface area contributed by atoms with Crippen LogP contribution in [0.4, 0.5) is 15.8 Å². The van der Waals surface area contributed by atoms with Crippen molar-refractivity contribution in [2.24, 2.45) is 0 Å². The van der Waals surface area contributed by atoms with Gasteiger partial charge in [0.15, 0.2) is 0 Å². The quantitative estimate of drug-likeness (QED) is 0.414. The summed E-state index contributed by atoms with van der Waals surface area (Å²) in [5, 5.41) is 2.91.